The van der Waals surface area contributed by atoms with Gasteiger partial charge in [0.25, 0.3) is 0 Å². The topological polar surface area (TPSA) is 109 Å². The molecule has 1 aliphatic rings. The summed E-state index contributed by atoms with van der Waals surface area (Å²) >= 11 is 0. The third-order valence-electron chi connectivity index (χ3n) is 9.22. The van der Waals surface area contributed by atoms with E-state index in [4.69, 9.17) is 20.9 Å². The molecule has 45 heavy (non-hydrogen) atoms. The van der Waals surface area contributed by atoms with Crippen molar-refractivity contribution in [3.63, 3.8) is 0 Å². The summed E-state index contributed by atoms with van der Waals surface area (Å²) in [7, 11) is 0. The molecule has 0 saturated carbocycles. The molecule has 0 saturated heterocycles. The van der Waals surface area contributed by atoms with E-state index < -0.39 is 5.54 Å². The van der Waals surface area contributed by atoms with E-state index in [9.17, 15) is 0 Å². The molecule has 3 aromatic carbocycles. The third kappa shape index (κ3) is 5.14. The number of ether oxygens (including phenoxy) is 2. The number of hydrogen-bond donors (Lipinski definition) is 3. The Morgan fingerprint density at radius 3 is 1.71 bits per heavy atom. The first kappa shape index (κ1) is 31.0. The SMILES string of the molecule is CCn1cc(C2(c3cn(CC)c4ccccc34)Nc3ccccc3[N+](CCOCCN)(CCOCCN)C2=O)c2ccccc21. The van der Waals surface area contributed by atoms with Gasteiger partial charge in [-0.2, -0.15) is 0 Å². The summed E-state index contributed by atoms with van der Waals surface area (Å²) in [5.41, 5.74) is 16.2. The molecule has 0 bridgehead atoms. The summed E-state index contributed by atoms with van der Waals surface area (Å²) in [6, 6.07) is 24.9. The van der Waals surface area contributed by atoms with Gasteiger partial charge in [0.1, 0.15) is 13.1 Å². The van der Waals surface area contributed by atoms with Crippen molar-refractivity contribution in [3.8, 4) is 0 Å². The molecule has 6 rings (SSSR count). The van der Waals surface area contributed by atoms with Crippen LogP contribution >= 0.6 is 0 Å². The number of carbonyl (C=O) groups excluding carboxylic acids is 1. The highest BCUT2D eigenvalue weighted by Gasteiger charge is 2.61. The standard InChI is InChI=1S/C36H45N6O3/c1-3-40-25-29(27-11-5-8-14-32(27)40)36(30-26-41(4-2)33-15-9-6-12-28(30)33)35(43)42(19-23-44-21-17-37,20-24-45-22-18-38)34-16-10-7-13-31(34)39-36/h5-16,25-26,39H,3-4,17-24,37-38H2,1-2H3/q+1. The average molecular weight is 610 g/mol. The number of nitrogens with zero attached hydrogens (tertiary/aromatic N) is 3. The number of anilines is 1. The number of para-hydroxylation sites is 4. The number of aryl methyl sites for hydroxylation is 2. The summed E-state index contributed by atoms with van der Waals surface area (Å²) in [6.07, 6.45) is 4.35. The van der Waals surface area contributed by atoms with Crippen LogP contribution in [-0.2, 0) is 32.9 Å². The minimum Gasteiger partial charge on any atom is -0.374 e. The van der Waals surface area contributed by atoms with Gasteiger partial charge >= 0.3 is 5.91 Å². The van der Waals surface area contributed by atoms with Crippen LogP contribution in [0.5, 0.6) is 0 Å². The van der Waals surface area contributed by atoms with Crippen LogP contribution in [0.3, 0.4) is 0 Å². The van der Waals surface area contributed by atoms with Gasteiger partial charge < -0.3 is 35.4 Å². The second kappa shape index (κ2) is 13.2. The molecule has 9 nitrogen and oxygen atoms in total. The molecule has 0 unspecified atom stereocenters. The first-order chi connectivity index (χ1) is 22.1. The largest absolute Gasteiger partial charge is 0.374 e. The number of benzene rings is 3. The molecule has 9 heteroatoms. The number of fused-ring (bicyclic) bond motifs is 3. The van der Waals surface area contributed by atoms with Crippen molar-refractivity contribution in [1.82, 2.24) is 13.6 Å². The molecule has 5 N–H and O–H groups in total. The summed E-state index contributed by atoms with van der Waals surface area (Å²) in [5, 5.41) is 5.99. The first-order valence-corrected chi connectivity index (χ1v) is 16.1. The van der Waals surface area contributed by atoms with Gasteiger partial charge in [-0.05, 0) is 32.0 Å². The van der Waals surface area contributed by atoms with Gasteiger partial charge in [-0.1, -0.05) is 48.5 Å². The highest BCUT2D eigenvalue weighted by molar-refractivity contribution is 6.11. The Kier molecular flexibility index (Phi) is 9.07. The van der Waals surface area contributed by atoms with Gasteiger partial charge in [0.05, 0.1) is 32.1 Å². The fraction of sp³-hybridized carbons (Fsp3) is 0.361. The summed E-state index contributed by atoms with van der Waals surface area (Å²) in [6.45, 7) is 9.14. The van der Waals surface area contributed by atoms with E-state index in [-0.39, 0.29) is 10.4 Å². The number of quaternary nitrogens is 1. The normalized spacial score (nSPS) is 15.4. The van der Waals surface area contributed by atoms with Crippen LogP contribution in [0.15, 0.2) is 85.2 Å². The van der Waals surface area contributed by atoms with Crippen LogP contribution in [-0.4, -0.2) is 67.6 Å². The van der Waals surface area contributed by atoms with Gasteiger partial charge in [-0.15, -0.1) is 0 Å². The maximum absolute atomic E-state index is 16.1. The number of nitrogens with two attached hydrogens (primary N) is 2. The molecule has 0 spiro atoms. The maximum atomic E-state index is 16.1. The zero-order valence-electron chi connectivity index (χ0n) is 26.4. The van der Waals surface area contributed by atoms with Crippen LogP contribution in [0.2, 0.25) is 0 Å². The number of amides is 1. The Morgan fingerprint density at radius 2 is 1.20 bits per heavy atom. The fourth-order valence-corrected chi connectivity index (χ4v) is 7.13. The van der Waals surface area contributed by atoms with Crippen molar-refractivity contribution in [2.45, 2.75) is 32.5 Å². The number of nitrogens with one attached hydrogen (secondary N) is 1. The van der Waals surface area contributed by atoms with E-state index >= 15 is 4.79 Å². The smallest absolute Gasteiger partial charge is 0.353 e. The first-order valence-electron chi connectivity index (χ1n) is 16.1. The second-order valence-electron chi connectivity index (χ2n) is 11.6. The lowest BCUT2D eigenvalue weighted by atomic mass is 9.78. The predicted molar refractivity (Wildman–Crippen MR) is 182 cm³/mol. The molecular weight excluding hydrogens is 564 g/mol. The van der Waals surface area contributed by atoms with Gasteiger partial charge in [-0.3, -0.25) is 0 Å². The minimum atomic E-state index is -1.23. The number of carbonyl (C=O) groups is 1. The molecule has 1 amide bonds. The third-order valence-corrected chi connectivity index (χ3v) is 9.22. The highest BCUT2D eigenvalue weighted by Crippen LogP contribution is 2.51. The van der Waals surface area contributed by atoms with Crippen LogP contribution in [0.1, 0.15) is 25.0 Å². The van der Waals surface area contributed by atoms with Crippen molar-refractivity contribution in [2.75, 3.05) is 57.9 Å². The van der Waals surface area contributed by atoms with Gasteiger partial charge in [0.15, 0.2) is 5.69 Å². The van der Waals surface area contributed by atoms with E-state index in [1.807, 2.05) is 12.1 Å². The van der Waals surface area contributed by atoms with Crippen molar-refractivity contribution in [3.05, 3.63) is 96.3 Å². The molecule has 0 aliphatic carbocycles. The van der Waals surface area contributed by atoms with Crippen LogP contribution in [0, 0.1) is 0 Å². The fourth-order valence-electron chi connectivity index (χ4n) is 7.13. The summed E-state index contributed by atoms with van der Waals surface area (Å²) < 4.78 is 16.5. The second-order valence-corrected chi connectivity index (χ2v) is 11.6. The van der Waals surface area contributed by atoms with E-state index in [1.165, 1.54) is 0 Å². The summed E-state index contributed by atoms with van der Waals surface area (Å²) in [5.74, 6) is 0.0342. The molecule has 1 aliphatic heterocycles. The zero-order valence-corrected chi connectivity index (χ0v) is 26.4. The van der Waals surface area contributed by atoms with E-state index in [0.29, 0.717) is 52.6 Å². The Labute approximate surface area is 264 Å². The lowest BCUT2D eigenvalue weighted by Gasteiger charge is -2.48. The van der Waals surface area contributed by atoms with Crippen LogP contribution in [0.4, 0.5) is 11.4 Å². The molecule has 0 radical (unpaired) electrons. The van der Waals surface area contributed by atoms with Crippen molar-refractivity contribution in [2.24, 2.45) is 11.5 Å². The quantitative estimate of drug-likeness (QED) is 0.123. The number of hydrogen-bond acceptors (Lipinski definition) is 6. The predicted octanol–water partition coefficient (Wildman–Crippen LogP) is 4.79. The molecular formula is C36H45N6O3+. The van der Waals surface area contributed by atoms with Gasteiger partial charge in [0, 0.05) is 77.6 Å². The van der Waals surface area contributed by atoms with Crippen LogP contribution in [0.25, 0.3) is 21.8 Å². The van der Waals surface area contributed by atoms with Crippen molar-refractivity contribution < 1.29 is 14.3 Å². The maximum Gasteiger partial charge on any atom is 0.353 e. The number of rotatable bonds is 14. The average Bonchev–Trinajstić information content (AvgIpc) is 3.66. The Morgan fingerprint density at radius 1 is 0.711 bits per heavy atom. The van der Waals surface area contributed by atoms with Gasteiger partial charge in [0.2, 0.25) is 5.54 Å². The lowest BCUT2D eigenvalue weighted by Crippen LogP contribution is -2.69. The zero-order chi connectivity index (χ0) is 31.4. The molecule has 5 aromatic rings. The van der Waals surface area contributed by atoms with Crippen LogP contribution < -0.4 is 21.3 Å². The highest BCUT2D eigenvalue weighted by atomic mass is 16.5. The van der Waals surface area contributed by atoms with Crippen molar-refractivity contribution in [1.29, 1.82) is 0 Å². The van der Waals surface area contributed by atoms with Crippen molar-refractivity contribution >= 4 is 39.1 Å². The molecule has 0 atom stereocenters. The molecule has 2 aromatic heterocycles. The molecule has 0 fully saturated rings. The van der Waals surface area contributed by atoms with E-state index in [0.717, 1.165) is 57.4 Å². The Bertz CT molecular complexity index is 1700. The minimum absolute atomic E-state index is 0.0342. The Hall–Kier alpha value is -3.99. The van der Waals surface area contributed by atoms with Gasteiger partial charge in [-0.25, -0.2) is 9.28 Å². The number of aromatic nitrogens is 2. The summed E-state index contributed by atoms with van der Waals surface area (Å²) in [4.78, 5) is 16.1. The molecule has 3 heterocycles. The Balaban J connectivity index is 1.69. The lowest BCUT2D eigenvalue weighted by molar-refractivity contribution is -0.136. The monoisotopic (exact) mass is 609 g/mol. The van der Waals surface area contributed by atoms with E-state index in [2.05, 4.69) is 101 Å². The van der Waals surface area contributed by atoms with E-state index in [1.54, 1.807) is 0 Å². The molecule has 236 valence electrons.